The Kier molecular flexibility index (Phi) is 5.06. The van der Waals surface area contributed by atoms with Crippen LogP contribution in [0, 0.1) is 5.82 Å². The number of hydrogen-bond donors (Lipinski definition) is 1. The Labute approximate surface area is 154 Å². The maximum atomic E-state index is 13.8. The van der Waals surface area contributed by atoms with Crippen molar-refractivity contribution in [1.82, 2.24) is 4.57 Å². The number of rotatable bonds is 5. The molecule has 0 aliphatic carbocycles. The van der Waals surface area contributed by atoms with Crippen molar-refractivity contribution < 1.29 is 14.3 Å². The van der Waals surface area contributed by atoms with Crippen LogP contribution >= 0.6 is 23.4 Å². The van der Waals surface area contributed by atoms with Gasteiger partial charge in [0, 0.05) is 33.1 Å². The van der Waals surface area contributed by atoms with Gasteiger partial charge < -0.3 is 9.67 Å². The maximum absolute atomic E-state index is 13.8. The summed E-state index contributed by atoms with van der Waals surface area (Å²) in [4.78, 5) is 12.5. The van der Waals surface area contributed by atoms with Crippen LogP contribution in [0.15, 0.2) is 47.4 Å². The Balaban J connectivity index is 2.25. The van der Waals surface area contributed by atoms with E-state index >= 15 is 0 Å². The number of aliphatic carboxylic acids is 1. The molecule has 3 aromatic rings. The second-order valence-electron chi connectivity index (χ2n) is 5.85. The van der Waals surface area contributed by atoms with E-state index in [0.29, 0.717) is 17.3 Å². The van der Waals surface area contributed by atoms with E-state index in [-0.39, 0.29) is 5.82 Å². The minimum absolute atomic E-state index is 0.332. The van der Waals surface area contributed by atoms with Gasteiger partial charge in [-0.2, -0.15) is 0 Å². The van der Waals surface area contributed by atoms with E-state index in [4.69, 9.17) is 11.6 Å². The van der Waals surface area contributed by atoms with Gasteiger partial charge in [-0.1, -0.05) is 23.7 Å². The second-order valence-corrected chi connectivity index (χ2v) is 7.11. The third-order valence-electron chi connectivity index (χ3n) is 4.26. The van der Waals surface area contributed by atoms with E-state index in [1.54, 1.807) is 25.1 Å². The van der Waals surface area contributed by atoms with Crippen molar-refractivity contribution in [2.75, 3.05) is 6.26 Å². The van der Waals surface area contributed by atoms with Gasteiger partial charge in [-0.25, -0.2) is 4.39 Å². The Morgan fingerprint density at radius 1 is 1.28 bits per heavy atom. The first kappa shape index (κ1) is 17.8. The topological polar surface area (TPSA) is 42.2 Å². The van der Waals surface area contributed by atoms with Crippen LogP contribution < -0.4 is 0 Å². The molecular formula is C19H17ClFNO2S. The highest BCUT2D eigenvalue weighted by atomic mass is 35.5. The molecule has 1 aromatic heterocycles. The molecule has 0 saturated carbocycles. The summed E-state index contributed by atoms with van der Waals surface area (Å²) in [6.07, 6.45) is 1.88. The van der Waals surface area contributed by atoms with Crippen LogP contribution in [0.2, 0.25) is 5.02 Å². The van der Waals surface area contributed by atoms with E-state index in [9.17, 15) is 14.3 Å². The summed E-state index contributed by atoms with van der Waals surface area (Å²) in [7, 11) is 0. The van der Waals surface area contributed by atoms with Crippen molar-refractivity contribution in [3.8, 4) is 0 Å². The zero-order valence-corrected chi connectivity index (χ0v) is 15.4. The molecule has 0 fully saturated rings. The summed E-state index contributed by atoms with van der Waals surface area (Å²) in [5.41, 5.74) is 2.51. The average Bonchev–Trinajstić information content (AvgIpc) is 2.88. The monoisotopic (exact) mass is 377 g/mol. The lowest BCUT2D eigenvalue weighted by Crippen LogP contribution is -2.14. The van der Waals surface area contributed by atoms with Gasteiger partial charge in [0.1, 0.15) is 5.82 Å². The van der Waals surface area contributed by atoms with Crippen molar-refractivity contribution in [1.29, 1.82) is 0 Å². The van der Waals surface area contributed by atoms with E-state index in [2.05, 4.69) is 0 Å². The van der Waals surface area contributed by atoms with Gasteiger partial charge in [-0.05, 0) is 49.1 Å². The number of fused-ring (bicyclic) bond motifs is 1. The van der Waals surface area contributed by atoms with Crippen molar-refractivity contribution >= 4 is 40.2 Å². The molecule has 25 heavy (non-hydrogen) atoms. The standard InChI is InChI=1S/C19H17ClFNO2S/c1-11(19(23)24)17-18(25-2)15-9-14(21)7-8-16(15)22(17)10-12-3-5-13(20)6-4-12/h3-9,11H,10H2,1-2H3,(H,23,24). The number of thioether (sulfide) groups is 1. The molecule has 0 aliphatic rings. The van der Waals surface area contributed by atoms with Gasteiger partial charge in [0.15, 0.2) is 0 Å². The van der Waals surface area contributed by atoms with Gasteiger partial charge in [0.2, 0.25) is 0 Å². The molecule has 0 radical (unpaired) electrons. The normalized spacial score (nSPS) is 12.5. The summed E-state index contributed by atoms with van der Waals surface area (Å²) < 4.78 is 15.7. The number of carboxylic acid groups (broad SMARTS) is 1. The largest absolute Gasteiger partial charge is 0.481 e. The van der Waals surface area contributed by atoms with E-state index in [1.165, 1.54) is 23.9 Å². The summed E-state index contributed by atoms with van der Waals surface area (Å²) >= 11 is 7.39. The molecule has 0 aliphatic heterocycles. The summed E-state index contributed by atoms with van der Waals surface area (Å²) in [5.74, 6) is -1.94. The van der Waals surface area contributed by atoms with Gasteiger partial charge >= 0.3 is 5.97 Å². The molecule has 1 N–H and O–H groups in total. The first-order valence-corrected chi connectivity index (χ1v) is 9.35. The number of carbonyl (C=O) groups is 1. The summed E-state index contributed by atoms with van der Waals surface area (Å²) in [6, 6.07) is 12.0. The fourth-order valence-corrected chi connectivity index (χ4v) is 4.03. The number of carboxylic acids is 1. The molecule has 1 atom stereocenters. The molecule has 0 amide bonds. The molecule has 2 aromatic carbocycles. The second kappa shape index (κ2) is 7.10. The average molecular weight is 378 g/mol. The molecule has 1 heterocycles. The van der Waals surface area contributed by atoms with Crippen molar-refractivity contribution in [2.45, 2.75) is 24.3 Å². The van der Waals surface area contributed by atoms with Crippen LogP contribution in [-0.4, -0.2) is 21.9 Å². The van der Waals surface area contributed by atoms with Gasteiger partial charge in [-0.15, -0.1) is 11.8 Å². The third-order valence-corrected chi connectivity index (χ3v) is 5.35. The highest BCUT2D eigenvalue weighted by Crippen LogP contribution is 2.38. The van der Waals surface area contributed by atoms with E-state index < -0.39 is 11.9 Å². The molecule has 3 rings (SSSR count). The van der Waals surface area contributed by atoms with Crippen molar-refractivity contribution in [3.05, 3.63) is 64.6 Å². The van der Waals surface area contributed by atoms with E-state index in [0.717, 1.165) is 21.4 Å². The number of benzene rings is 2. The van der Waals surface area contributed by atoms with Crippen molar-refractivity contribution in [3.63, 3.8) is 0 Å². The van der Waals surface area contributed by atoms with Crippen LogP contribution in [0.25, 0.3) is 10.9 Å². The maximum Gasteiger partial charge on any atom is 0.312 e. The lowest BCUT2D eigenvalue weighted by molar-refractivity contribution is -0.138. The minimum Gasteiger partial charge on any atom is -0.481 e. The number of halogens is 2. The van der Waals surface area contributed by atoms with Crippen LogP contribution in [0.4, 0.5) is 4.39 Å². The molecule has 3 nitrogen and oxygen atoms in total. The predicted octanol–water partition coefficient (Wildman–Crippen LogP) is 5.39. The highest BCUT2D eigenvalue weighted by Gasteiger charge is 2.26. The molecule has 0 spiro atoms. The number of aromatic nitrogens is 1. The van der Waals surface area contributed by atoms with Gasteiger partial charge in [-0.3, -0.25) is 4.79 Å². The zero-order chi connectivity index (χ0) is 18.1. The fourth-order valence-electron chi connectivity index (χ4n) is 3.02. The van der Waals surface area contributed by atoms with Crippen LogP contribution in [0.3, 0.4) is 0 Å². The highest BCUT2D eigenvalue weighted by molar-refractivity contribution is 7.98. The first-order chi connectivity index (χ1) is 11.9. The zero-order valence-electron chi connectivity index (χ0n) is 13.8. The lowest BCUT2D eigenvalue weighted by Gasteiger charge is -2.15. The van der Waals surface area contributed by atoms with Crippen molar-refractivity contribution in [2.24, 2.45) is 0 Å². The van der Waals surface area contributed by atoms with Gasteiger partial charge in [0.25, 0.3) is 0 Å². The van der Waals surface area contributed by atoms with Gasteiger partial charge in [0.05, 0.1) is 5.92 Å². The Bertz CT molecular complexity index is 937. The molecule has 6 heteroatoms. The first-order valence-electron chi connectivity index (χ1n) is 7.75. The van der Waals surface area contributed by atoms with Crippen LogP contribution in [-0.2, 0) is 11.3 Å². The van der Waals surface area contributed by atoms with Crippen LogP contribution in [0.1, 0.15) is 24.1 Å². The Morgan fingerprint density at radius 3 is 2.56 bits per heavy atom. The molecule has 130 valence electrons. The Hall–Kier alpha value is -1.98. The fraction of sp³-hybridized carbons (Fsp3) is 0.211. The SMILES string of the molecule is CSc1c(C(C)C(=O)O)n(Cc2ccc(Cl)cc2)c2ccc(F)cc12. The molecular weight excluding hydrogens is 361 g/mol. The summed E-state index contributed by atoms with van der Waals surface area (Å²) in [6.45, 7) is 2.15. The molecule has 0 saturated heterocycles. The Morgan fingerprint density at radius 2 is 1.96 bits per heavy atom. The molecule has 0 bridgehead atoms. The molecule has 1 unspecified atom stereocenters. The van der Waals surface area contributed by atoms with E-state index in [1.807, 2.05) is 23.0 Å². The minimum atomic E-state index is -0.907. The smallest absolute Gasteiger partial charge is 0.312 e. The number of nitrogens with zero attached hydrogens (tertiary/aromatic N) is 1. The predicted molar refractivity (Wildman–Crippen MR) is 100 cm³/mol. The quantitative estimate of drug-likeness (QED) is 0.606. The van der Waals surface area contributed by atoms with Crippen LogP contribution in [0.5, 0.6) is 0 Å². The lowest BCUT2D eigenvalue weighted by atomic mass is 10.1. The third kappa shape index (κ3) is 3.39. The number of hydrogen-bond acceptors (Lipinski definition) is 2. The summed E-state index contributed by atoms with van der Waals surface area (Å²) in [5, 5.41) is 10.9.